The molecule has 1 saturated heterocycles. The number of piperidine rings is 1. The molecule has 25 heavy (non-hydrogen) atoms. The van der Waals surface area contributed by atoms with Gasteiger partial charge < -0.3 is 14.7 Å². The van der Waals surface area contributed by atoms with Gasteiger partial charge in [-0.25, -0.2) is 4.98 Å². The third-order valence-electron chi connectivity index (χ3n) is 4.73. The van der Waals surface area contributed by atoms with Gasteiger partial charge in [0.15, 0.2) is 0 Å². The lowest BCUT2D eigenvalue weighted by atomic mass is 9.90. The molecule has 0 saturated carbocycles. The van der Waals surface area contributed by atoms with Crippen LogP contribution in [0.3, 0.4) is 0 Å². The van der Waals surface area contributed by atoms with E-state index < -0.39 is 0 Å². The first kappa shape index (κ1) is 17.9. The van der Waals surface area contributed by atoms with E-state index in [1.165, 1.54) is 0 Å². The standard InChI is InChI=1S/C19H28N4O2/c1-5-23-8-6-14(7-9-23)21-17(24)13-10-15-16(11-19(2,3)4)22-25-18(15)20-12-13/h10,12,14H,5-9,11H2,1-4H3,(H,21,24). The van der Waals surface area contributed by atoms with Crippen LogP contribution < -0.4 is 5.32 Å². The summed E-state index contributed by atoms with van der Waals surface area (Å²) < 4.78 is 5.31. The Bertz CT molecular complexity index is 739. The van der Waals surface area contributed by atoms with Gasteiger partial charge in [-0.15, -0.1) is 0 Å². The highest BCUT2D eigenvalue weighted by molar-refractivity contribution is 5.97. The Morgan fingerprint density at radius 3 is 2.72 bits per heavy atom. The molecule has 0 atom stereocenters. The number of carbonyl (C=O) groups excluding carboxylic acids is 1. The molecule has 0 spiro atoms. The summed E-state index contributed by atoms with van der Waals surface area (Å²) in [5.74, 6) is -0.0627. The molecule has 2 aromatic heterocycles. The van der Waals surface area contributed by atoms with Crippen molar-refractivity contribution in [1.29, 1.82) is 0 Å². The third kappa shape index (κ3) is 4.37. The maximum atomic E-state index is 12.6. The van der Waals surface area contributed by atoms with Gasteiger partial charge in [-0.05, 0) is 37.3 Å². The summed E-state index contributed by atoms with van der Waals surface area (Å²) in [5, 5.41) is 8.12. The molecule has 1 amide bonds. The van der Waals surface area contributed by atoms with E-state index in [2.05, 4.69) is 48.1 Å². The van der Waals surface area contributed by atoms with Crippen LogP contribution >= 0.6 is 0 Å². The molecule has 6 nitrogen and oxygen atoms in total. The molecular weight excluding hydrogens is 316 g/mol. The van der Waals surface area contributed by atoms with Gasteiger partial charge in [0.05, 0.1) is 16.6 Å². The number of amides is 1. The third-order valence-corrected chi connectivity index (χ3v) is 4.73. The Labute approximate surface area is 149 Å². The molecule has 1 aliphatic rings. The van der Waals surface area contributed by atoms with Crippen LogP contribution in [-0.2, 0) is 6.42 Å². The van der Waals surface area contributed by atoms with E-state index in [-0.39, 0.29) is 17.4 Å². The summed E-state index contributed by atoms with van der Waals surface area (Å²) in [6, 6.07) is 2.10. The van der Waals surface area contributed by atoms with Crippen molar-refractivity contribution >= 4 is 17.0 Å². The minimum atomic E-state index is -0.0627. The maximum absolute atomic E-state index is 12.6. The first-order chi connectivity index (χ1) is 11.9. The van der Waals surface area contributed by atoms with Crippen LogP contribution in [0, 0.1) is 5.41 Å². The number of carbonyl (C=O) groups is 1. The Kier molecular flexibility index (Phi) is 5.08. The molecule has 0 aliphatic carbocycles. The number of nitrogens with one attached hydrogen (secondary N) is 1. The molecule has 0 bridgehead atoms. The van der Waals surface area contributed by atoms with Gasteiger partial charge in [-0.1, -0.05) is 32.9 Å². The lowest BCUT2D eigenvalue weighted by Gasteiger charge is -2.31. The number of aromatic nitrogens is 2. The minimum absolute atomic E-state index is 0.0627. The number of fused-ring (bicyclic) bond motifs is 1. The van der Waals surface area contributed by atoms with Crippen LogP contribution in [-0.4, -0.2) is 46.6 Å². The predicted molar refractivity (Wildman–Crippen MR) is 97.6 cm³/mol. The van der Waals surface area contributed by atoms with Crippen molar-refractivity contribution in [3.63, 3.8) is 0 Å². The second kappa shape index (κ2) is 7.12. The fraction of sp³-hybridized carbons (Fsp3) is 0.632. The number of pyridine rings is 1. The van der Waals surface area contributed by atoms with Crippen LogP contribution in [0.25, 0.3) is 11.1 Å². The first-order valence-corrected chi connectivity index (χ1v) is 9.13. The highest BCUT2D eigenvalue weighted by Crippen LogP contribution is 2.26. The van der Waals surface area contributed by atoms with E-state index in [1.54, 1.807) is 6.20 Å². The predicted octanol–water partition coefficient (Wildman–Crippen LogP) is 3.03. The SMILES string of the molecule is CCN1CCC(NC(=O)c2cnc3onc(CC(C)(C)C)c3c2)CC1. The molecule has 136 valence electrons. The largest absolute Gasteiger partial charge is 0.349 e. The number of hydrogen-bond donors (Lipinski definition) is 1. The summed E-state index contributed by atoms with van der Waals surface area (Å²) in [5.41, 5.74) is 2.02. The monoisotopic (exact) mass is 344 g/mol. The zero-order valence-electron chi connectivity index (χ0n) is 15.6. The summed E-state index contributed by atoms with van der Waals surface area (Å²) in [6.07, 6.45) is 4.35. The molecule has 6 heteroatoms. The van der Waals surface area contributed by atoms with Gasteiger partial charge in [0.25, 0.3) is 11.6 Å². The Morgan fingerprint density at radius 1 is 1.36 bits per heavy atom. The first-order valence-electron chi connectivity index (χ1n) is 9.13. The maximum Gasteiger partial charge on any atom is 0.257 e. The number of nitrogens with zero attached hydrogens (tertiary/aromatic N) is 3. The van der Waals surface area contributed by atoms with Crippen molar-refractivity contribution in [2.75, 3.05) is 19.6 Å². The molecule has 2 aromatic rings. The number of hydrogen-bond acceptors (Lipinski definition) is 5. The average molecular weight is 344 g/mol. The van der Waals surface area contributed by atoms with E-state index in [0.717, 1.165) is 50.0 Å². The molecule has 3 heterocycles. The molecule has 1 N–H and O–H groups in total. The Morgan fingerprint density at radius 2 is 2.08 bits per heavy atom. The summed E-state index contributed by atoms with van der Waals surface area (Å²) in [6.45, 7) is 11.8. The van der Waals surface area contributed by atoms with E-state index in [4.69, 9.17) is 4.52 Å². The van der Waals surface area contributed by atoms with Gasteiger partial charge in [-0.3, -0.25) is 4.79 Å². The molecule has 1 fully saturated rings. The van der Waals surface area contributed by atoms with E-state index in [0.29, 0.717) is 11.3 Å². The lowest BCUT2D eigenvalue weighted by molar-refractivity contribution is 0.0912. The molecule has 0 unspecified atom stereocenters. The van der Waals surface area contributed by atoms with Gasteiger partial charge >= 0.3 is 0 Å². The van der Waals surface area contributed by atoms with Gasteiger partial charge in [0, 0.05) is 25.3 Å². The second-order valence-electron chi connectivity index (χ2n) is 8.13. The topological polar surface area (TPSA) is 71.3 Å². The van der Waals surface area contributed by atoms with Gasteiger partial charge in [0.2, 0.25) is 0 Å². The van der Waals surface area contributed by atoms with E-state index in [1.807, 2.05) is 6.07 Å². The quantitative estimate of drug-likeness (QED) is 0.923. The lowest BCUT2D eigenvalue weighted by Crippen LogP contribution is -2.44. The van der Waals surface area contributed by atoms with Crippen molar-refractivity contribution in [3.8, 4) is 0 Å². The second-order valence-corrected chi connectivity index (χ2v) is 8.13. The van der Waals surface area contributed by atoms with E-state index in [9.17, 15) is 4.79 Å². The molecule has 0 aromatic carbocycles. The zero-order chi connectivity index (χ0) is 18.0. The van der Waals surface area contributed by atoms with Crippen molar-refractivity contribution in [2.24, 2.45) is 5.41 Å². The molecule has 0 radical (unpaired) electrons. The molecule has 3 rings (SSSR count). The summed E-state index contributed by atoms with van der Waals surface area (Å²) >= 11 is 0. The zero-order valence-corrected chi connectivity index (χ0v) is 15.6. The van der Waals surface area contributed by atoms with Gasteiger partial charge in [0.1, 0.15) is 0 Å². The fourth-order valence-corrected chi connectivity index (χ4v) is 3.30. The Balaban J connectivity index is 1.72. The van der Waals surface area contributed by atoms with Crippen molar-refractivity contribution < 1.29 is 9.32 Å². The van der Waals surface area contributed by atoms with E-state index >= 15 is 0 Å². The summed E-state index contributed by atoms with van der Waals surface area (Å²) in [7, 11) is 0. The highest BCUT2D eigenvalue weighted by Gasteiger charge is 2.22. The van der Waals surface area contributed by atoms with Crippen molar-refractivity contribution in [1.82, 2.24) is 20.4 Å². The number of rotatable bonds is 4. The highest BCUT2D eigenvalue weighted by atomic mass is 16.5. The van der Waals surface area contributed by atoms with Crippen LogP contribution in [0.15, 0.2) is 16.8 Å². The minimum Gasteiger partial charge on any atom is -0.349 e. The normalized spacial score (nSPS) is 17.1. The van der Waals surface area contributed by atoms with Crippen LogP contribution in [0.1, 0.15) is 56.6 Å². The Hall–Kier alpha value is -1.95. The van der Waals surface area contributed by atoms with Crippen LogP contribution in [0.4, 0.5) is 0 Å². The number of likely N-dealkylation sites (tertiary alicyclic amines) is 1. The van der Waals surface area contributed by atoms with Crippen LogP contribution in [0.5, 0.6) is 0 Å². The van der Waals surface area contributed by atoms with Crippen molar-refractivity contribution in [2.45, 2.75) is 53.0 Å². The average Bonchev–Trinajstić information content (AvgIpc) is 2.96. The fourth-order valence-electron chi connectivity index (χ4n) is 3.30. The van der Waals surface area contributed by atoms with Crippen molar-refractivity contribution in [3.05, 3.63) is 23.5 Å². The van der Waals surface area contributed by atoms with Gasteiger partial charge in [-0.2, -0.15) is 0 Å². The molecule has 1 aliphatic heterocycles. The summed E-state index contributed by atoms with van der Waals surface area (Å²) in [4.78, 5) is 19.3. The van der Waals surface area contributed by atoms with Crippen LogP contribution in [0.2, 0.25) is 0 Å². The smallest absolute Gasteiger partial charge is 0.257 e. The molecular formula is C19H28N4O2.